The Kier molecular flexibility index (Phi) is 6.49. The number of fused-ring (bicyclic) bond motifs is 1. The van der Waals surface area contributed by atoms with E-state index < -0.39 is 16.0 Å². The van der Waals surface area contributed by atoms with Crippen molar-refractivity contribution in [2.45, 2.75) is 37.2 Å². The number of sulfonamides is 1. The van der Waals surface area contributed by atoms with Crippen molar-refractivity contribution in [1.29, 1.82) is 0 Å². The molecule has 0 saturated carbocycles. The second-order valence-electron chi connectivity index (χ2n) is 6.92. The standard InChI is InChI=1S/C21H26N2O4S/c1-3-19(23-13-12-16-6-4-5-7-18(16)15-23)14-22-28(25,26)20-10-8-17(9-11-20)21(24)27-2/h4-11,19,22H,3,12-15H2,1-2H3. The Balaban J connectivity index is 1.65. The van der Waals surface area contributed by atoms with Crippen molar-refractivity contribution < 1.29 is 17.9 Å². The molecule has 0 radical (unpaired) electrons. The van der Waals surface area contributed by atoms with Crippen molar-refractivity contribution in [3.05, 3.63) is 65.2 Å². The Hall–Kier alpha value is -2.22. The zero-order chi connectivity index (χ0) is 20.1. The highest BCUT2D eigenvalue weighted by molar-refractivity contribution is 7.89. The summed E-state index contributed by atoms with van der Waals surface area (Å²) in [6, 6.07) is 14.3. The molecule has 6 nitrogen and oxygen atoms in total. The second-order valence-corrected chi connectivity index (χ2v) is 8.69. The largest absolute Gasteiger partial charge is 0.465 e. The van der Waals surface area contributed by atoms with E-state index in [9.17, 15) is 13.2 Å². The zero-order valence-corrected chi connectivity index (χ0v) is 17.0. The summed E-state index contributed by atoms with van der Waals surface area (Å²) < 4.78 is 32.6. The number of carbonyl (C=O) groups excluding carboxylic acids is 1. The van der Waals surface area contributed by atoms with E-state index in [0.717, 1.165) is 25.9 Å². The molecule has 0 fully saturated rings. The Bertz CT molecular complexity index is 926. The lowest BCUT2D eigenvalue weighted by Gasteiger charge is -2.35. The maximum absolute atomic E-state index is 12.6. The number of rotatable bonds is 7. The highest BCUT2D eigenvalue weighted by Gasteiger charge is 2.24. The molecule has 2 aromatic rings. The smallest absolute Gasteiger partial charge is 0.337 e. The third kappa shape index (κ3) is 4.60. The van der Waals surface area contributed by atoms with Crippen LogP contribution in [-0.2, 0) is 27.7 Å². The molecule has 1 heterocycles. The Morgan fingerprint density at radius 3 is 2.46 bits per heavy atom. The predicted octanol–water partition coefficient (Wildman–Crippen LogP) is 2.59. The van der Waals surface area contributed by atoms with Crippen LogP contribution in [0.5, 0.6) is 0 Å². The van der Waals surface area contributed by atoms with E-state index in [1.54, 1.807) is 0 Å². The number of methoxy groups -OCH3 is 1. The number of ether oxygens (including phenoxy) is 1. The van der Waals surface area contributed by atoms with Gasteiger partial charge in [-0.25, -0.2) is 17.9 Å². The molecule has 1 unspecified atom stereocenters. The lowest BCUT2D eigenvalue weighted by atomic mass is 9.98. The minimum absolute atomic E-state index is 0.123. The highest BCUT2D eigenvalue weighted by Crippen LogP contribution is 2.21. The molecule has 0 spiro atoms. The van der Waals surface area contributed by atoms with Gasteiger partial charge in [0.05, 0.1) is 17.6 Å². The molecule has 7 heteroatoms. The fourth-order valence-electron chi connectivity index (χ4n) is 3.54. The van der Waals surface area contributed by atoms with E-state index >= 15 is 0 Å². The van der Waals surface area contributed by atoms with E-state index in [1.807, 2.05) is 6.07 Å². The molecule has 1 aliphatic heterocycles. The van der Waals surface area contributed by atoms with Gasteiger partial charge < -0.3 is 4.74 Å². The molecule has 150 valence electrons. The first-order valence-electron chi connectivity index (χ1n) is 9.43. The average Bonchev–Trinajstić information content (AvgIpc) is 2.73. The van der Waals surface area contributed by atoms with Crippen molar-refractivity contribution in [1.82, 2.24) is 9.62 Å². The first-order valence-corrected chi connectivity index (χ1v) is 10.9. The third-order valence-corrected chi connectivity index (χ3v) is 6.68. The highest BCUT2D eigenvalue weighted by atomic mass is 32.2. The molecular weight excluding hydrogens is 376 g/mol. The molecule has 3 rings (SSSR count). The lowest BCUT2D eigenvalue weighted by molar-refractivity contribution is 0.0600. The number of hydrogen-bond donors (Lipinski definition) is 1. The molecule has 28 heavy (non-hydrogen) atoms. The average molecular weight is 403 g/mol. The van der Waals surface area contributed by atoms with Gasteiger partial charge in [0, 0.05) is 25.7 Å². The molecule has 0 aromatic heterocycles. The number of nitrogens with zero attached hydrogens (tertiary/aromatic N) is 1. The van der Waals surface area contributed by atoms with Crippen LogP contribution in [0, 0.1) is 0 Å². The normalized spacial score (nSPS) is 15.6. The molecule has 0 aliphatic carbocycles. The summed E-state index contributed by atoms with van der Waals surface area (Å²) in [6.45, 7) is 4.18. The summed E-state index contributed by atoms with van der Waals surface area (Å²) in [5.41, 5.74) is 3.01. The molecule has 1 aliphatic rings. The van der Waals surface area contributed by atoms with Gasteiger partial charge in [0.25, 0.3) is 0 Å². The van der Waals surface area contributed by atoms with E-state index in [2.05, 4.69) is 39.5 Å². The molecule has 1 atom stereocenters. The van der Waals surface area contributed by atoms with Crippen LogP contribution in [-0.4, -0.2) is 45.5 Å². The number of hydrogen-bond acceptors (Lipinski definition) is 5. The number of esters is 1. The fourth-order valence-corrected chi connectivity index (χ4v) is 4.61. The van der Waals surface area contributed by atoms with E-state index in [0.29, 0.717) is 12.1 Å². The quantitative estimate of drug-likeness (QED) is 0.721. The van der Waals surface area contributed by atoms with Crippen LogP contribution in [0.1, 0.15) is 34.8 Å². The van der Waals surface area contributed by atoms with E-state index in [1.165, 1.54) is 42.5 Å². The van der Waals surface area contributed by atoms with Gasteiger partial charge in [-0.1, -0.05) is 31.2 Å². The monoisotopic (exact) mass is 402 g/mol. The maximum atomic E-state index is 12.6. The Morgan fingerprint density at radius 1 is 1.14 bits per heavy atom. The Labute approximate surface area is 166 Å². The number of carbonyl (C=O) groups is 1. The molecular formula is C21H26N2O4S. The van der Waals surface area contributed by atoms with Crippen LogP contribution in [0.25, 0.3) is 0 Å². The van der Waals surface area contributed by atoms with Gasteiger partial charge in [0.2, 0.25) is 10.0 Å². The van der Waals surface area contributed by atoms with Crippen molar-refractivity contribution in [3.8, 4) is 0 Å². The molecule has 2 aromatic carbocycles. The van der Waals surface area contributed by atoms with Crippen molar-refractivity contribution in [3.63, 3.8) is 0 Å². The van der Waals surface area contributed by atoms with Gasteiger partial charge in [-0.3, -0.25) is 4.90 Å². The Morgan fingerprint density at radius 2 is 1.82 bits per heavy atom. The summed E-state index contributed by atoms with van der Waals surface area (Å²) in [7, 11) is -2.35. The molecule has 0 amide bonds. The van der Waals surface area contributed by atoms with Gasteiger partial charge in [-0.2, -0.15) is 0 Å². The van der Waals surface area contributed by atoms with Crippen molar-refractivity contribution in [2.75, 3.05) is 20.2 Å². The van der Waals surface area contributed by atoms with Crippen LogP contribution < -0.4 is 4.72 Å². The maximum Gasteiger partial charge on any atom is 0.337 e. The van der Waals surface area contributed by atoms with Gasteiger partial charge >= 0.3 is 5.97 Å². The first kappa shape index (κ1) is 20.5. The van der Waals surface area contributed by atoms with Crippen LogP contribution in [0.15, 0.2) is 53.4 Å². The van der Waals surface area contributed by atoms with Crippen LogP contribution in [0.4, 0.5) is 0 Å². The van der Waals surface area contributed by atoms with Crippen LogP contribution in [0.2, 0.25) is 0 Å². The predicted molar refractivity (Wildman–Crippen MR) is 108 cm³/mol. The summed E-state index contributed by atoms with van der Waals surface area (Å²) in [6.07, 6.45) is 1.83. The molecule has 0 bridgehead atoms. The zero-order valence-electron chi connectivity index (χ0n) is 16.2. The van der Waals surface area contributed by atoms with E-state index in [-0.39, 0.29) is 10.9 Å². The number of benzene rings is 2. The molecule has 1 N–H and O–H groups in total. The van der Waals surface area contributed by atoms with Gasteiger partial charge in [0.15, 0.2) is 0 Å². The fraction of sp³-hybridized carbons (Fsp3) is 0.381. The van der Waals surface area contributed by atoms with Gasteiger partial charge in [-0.05, 0) is 48.2 Å². The summed E-state index contributed by atoms with van der Waals surface area (Å²) >= 11 is 0. The summed E-state index contributed by atoms with van der Waals surface area (Å²) in [5, 5.41) is 0. The minimum Gasteiger partial charge on any atom is -0.465 e. The third-order valence-electron chi connectivity index (χ3n) is 5.24. The van der Waals surface area contributed by atoms with Crippen LogP contribution >= 0.6 is 0 Å². The molecule has 0 saturated heterocycles. The SMILES string of the molecule is CCC(CNS(=O)(=O)c1ccc(C(=O)OC)cc1)N1CCc2ccccc2C1. The van der Waals surface area contributed by atoms with Gasteiger partial charge in [0.1, 0.15) is 0 Å². The first-order chi connectivity index (χ1) is 13.4. The van der Waals surface area contributed by atoms with Crippen molar-refractivity contribution >= 4 is 16.0 Å². The number of nitrogens with one attached hydrogen (secondary N) is 1. The summed E-state index contributed by atoms with van der Waals surface area (Å²) in [4.78, 5) is 14.0. The van der Waals surface area contributed by atoms with E-state index in [4.69, 9.17) is 0 Å². The topological polar surface area (TPSA) is 75.7 Å². The lowest BCUT2D eigenvalue weighted by Crippen LogP contribution is -2.45. The second kappa shape index (κ2) is 8.86. The van der Waals surface area contributed by atoms with Crippen molar-refractivity contribution in [2.24, 2.45) is 0 Å². The summed E-state index contributed by atoms with van der Waals surface area (Å²) in [5.74, 6) is -0.492. The van der Waals surface area contributed by atoms with Gasteiger partial charge in [-0.15, -0.1) is 0 Å². The van der Waals surface area contributed by atoms with Crippen LogP contribution in [0.3, 0.4) is 0 Å². The minimum atomic E-state index is -3.64.